The highest BCUT2D eigenvalue weighted by atomic mass is 16.3. The van der Waals surface area contributed by atoms with E-state index in [1.165, 1.54) is 0 Å². The van der Waals surface area contributed by atoms with E-state index in [2.05, 4.69) is 35.7 Å². The summed E-state index contributed by atoms with van der Waals surface area (Å²) in [6.07, 6.45) is 0.575. The Labute approximate surface area is 119 Å². The lowest BCUT2D eigenvalue weighted by Crippen LogP contribution is -2.44. The van der Waals surface area contributed by atoms with Gasteiger partial charge in [-0.05, 0) is 26.2 Å². The van der Waals surface area contributed by atoms with Crippen LogP contribution in [0, 0.1) is 5.92 Å². The molecular formula is C13H24N6O. The minimum atomic E-state index is -0.348. The van der Waals surface area contributed by atoms with Crippen LogP contribution in [0.3, 0.4) is 0 Å². The van der Waals surface area contributed by atoms with Gasteiger partial charge in [0, 0.05) is 26.2 Å². The maximum atomic E-state index is 10.00. The number of aliphatic hydroxyl groups excluding tert-OH is 1. The molecule has 2 atom stereocenters. The molecule has 7 heteroatoms. The number of piperidine rings is 1. The van der Waals surface area contributed by atoms with Crippen LogP contribution in [0.5, 0.6) is 0 Å². The smallest absolute Gasteiger partial charge is 0.232 e. The van der Waals surface area contributed by atoms with E-state index in [1.54, 1.807) is 0 Å². The fourth-order valence-electron chi connectivity index (χ4n) is 2.39. The van der Waals surface area contributed by atoms with Gasteiger partial charge in [-0.25, -0.2) is 0 Å². The Morgan fingerprint density at radius 3 is 2.60 bits per heavy atom. The summed E-state index contributed by atoms with van der Waals surface area (Å²) in [6, 6.07) is 0. The quantitative estimate of drug-likeness (QED) is 0.830. The number of nitrogens with zero attached hydrogens (tertiary/aromatic N) is 5. The zero-order valence-electron chi connectivity index (χ0n) is 12.5. The highest BCUT2D eigenvalue weighted by Crippen LogP contribution is 2.22. The van der Waals surface area contributed by atoms with Crippen molar-refractivity contribution >= 4 is 17.8 Å². The third-order valence-electron chi connectivity index (χ3n) is 3.88. The molecule has 0 amide bonds. The van der Waals surface area contributed by atoms with Gasteiger partial charge in [-0.15, -0.1) is 0 Å². The van der Waals surface area contributed by atoms with Crippen molar-refractivity contribution in [1.29, 1.82) is 0 Å². The van der Waals surface area contributed by atoms with Crippen LogP contribution in [-0.2, 0) is 0 Å². The maximum Gasteiger partial charge on any atom is 0.232 e. The lowest BCUT2D eigenvalue weighted by Gasteiger charge is -2.34. The summed E-state index contributed by atoms with van der Waals surface area (Å²) in [5.41, 5.74) is 5.80. The van der Waals surface area contributed by atoms with E-state index in [0.717, 1.165) is 26.1 Å². The Balaban J connectivity index is 2.23. The first-order chi connectivity index (χ1) is 9.55. The zero-order valence-corrected chi connectivity index (χ0v) is 12.5. The fourth-order valence-corrected chi connectivity index (χ4v) is 2.39. The molecule has 0 aromatic carbocycles. The van der Waals surface area contributed by atoms with Gasteiger partial charge >= 0.3 is 0 Å². The average Bonchev–Trinajstić information content (AvgIpc) is 2.42. The van der Waals surface area contributed by atoms with Crippen molar-refractivity contribution in [3.05, 3.63) is 0 Å². The molecule has 2 rings (SSSR count). The Morgan fingerprint density at radius 1 is 1.30 bits per heavy atom. The second-order valence-corrected chi connectivity index (χ2v) is 5.25. The summed E-state index contributed by atoms with van der Waals surface area (Å²) < 4.78 is 0. The van der Waals surface area contributed by atoms with Crippen LogP contribution >= 0.6 is 0 Å². The Morgan fingerprint density at radius 2 is 2.00 bits per heavy atom. The molecule has 1 aromatic heterocycles. The molecule has 1 aromatic rings. The standard InChI is InChI=1S/C13H24N6O/c1-4-18(5-2)12-15-11(14)16-13(17-12)19-7-6-9(3)10(20)8-19/h9-10,20H,4-8H2,1-3H3,(H2,14,15,16,17). The first kappa shape index (κ1) is 14.8. The van der Waals surface area contributed by atoms with Crippen molar-refractivity contribution in [3.8, 4) is 0 Å². The number of nitrogens with two attached hydrogens (primary N) is 1. The van der Waals surface area contributed by atoms with E-state index < -0.39 is 0 Å². The highest BCUT2D eigenvalue weighted by Gasteiger charge is 2.26. The molecule has 3 N–H and O–H groups in total. The second-order valence-electron chi connectivity index (χ2n) is 5.25. The summed E-state index contributed by atoms with van der Waals surface area (Å²) in [5.74, 6) is 1.70. The Bertz CT molecular complexity index is 450. The Kier molecular flexibility index (Phi) is 4.59. The highest BCUT2D eigenvalue weighted by molar-refractivity contribution is 5.43. The minimum absolute atomic E-state index is 0.227. The molecule has 112 valence electrons. The molecule has 20 heavy (non-hydrogen) atoms. The molecule has 0 radical (unpaired) electrons. The minimum Gasteiger partial charge on any atom is -0.391 e. The van der Waals surface area contributed by atoms with Crippen LogP contribution in [0.1, 0.15) is 27.2 Å². The van der Waals surface area contributed by atoms with Gasteiger partial charge in [-0.3, -0.25) is 0 Å². The van der Waals surface area contributed by atoms with Crippen LogP contribution in [0.2, 0.25) is 0 Å². The topological polar surface area (TPSA) is 91.4 Å². The summed E-state index contributed by atoms with van der Waals surface area (Å²) in [6.45, 7) is 9.18. The van der Waals surface area contributed by atoms with Crippen molar-refractivity contribution < 1.29 is 5.11 Å². The summed E-state index contributed by atoms with van der Waals surface area (Å²) in [7, 11) is 0. The van der Waals surface area contributed by atoms with Crippen molar-refractivity contribution in [2.75, 3.05) is 41.7 Å². The second kappa shape index (κ2) is 6.21. The first-order valence-corrected chi connectivity index (χ1v) is 7.24. The predicted octanol–water partition coefficient (Wildman–Crippen LogP) is 0.507. The SMILES string of the molecule is CCN(CC)c1nc(N)nc(N2CCC(C)C(O)C2)n1. The maximum absolute atomic E-state index is 10.00. The molecular weight excluding hydrogens is 256 g/mol. The van der Waals surface area contributed by atoms with Gasteiger partial charge < -0.3 is 20.6 Å². The van der Waals surface area contributed by atoms with Gasteiger partial charge in [0.25, 0.3) is 0 Å². The molecule has 1 aliphatic heterocycles. The van der Waals surface area contributed by atoms with E-state index in [9.17, 15) is 5.11 Å². The lowest BCUT2D eigenvalue weighted by atomic mass is 9.96. The monoisotopic (exact) mass is 280 g/mol. The average molecular weight is 280 g/mol. The van der Waals surface area contributed by atoms with E-state index in [0.29, 0.717) is 24.4 Å². The lowest BCUT2D eigenvalue weighted by molar-refractivity contribution is 0.102. The number of β-amino-alcohol motifs (C(OH)–C–C–N with tert-alkyl or cyclic N) is 1. The van der Waals surface area contributed by atoms with E-state index in [4.69, 9.17) is 5.73 Å². The normalized spacial score (nSPS) is 22.9. The largest absolute Gasteiger partial charge is 0.391 e. The summed E-state index contributed by atoms with van der Waals surface area (Å²) in [4.78, 5) is 16.9. The van der Waals surface area contributed by atoms with Gasteiger partial charge in [0.05, 0.1) is 6.10 Å². The van der Waals surface area contributed by atoms with Crippen molar-refractivity contribution in [3.63, 3.8) is 0 Å². The van der Waals surface area contributed by atoms with E-state index >= 15 is 0 Å². The molecule has 0 saturated carbocycles. The molecule has 0 bridgehead atoms. The van der Waals surface area contributed by atoms with E-state index in [-0.39, 0.29) is 12.1 Å². The summed E-state index contributed by atoms with van der Waals surface area (Å²) in [5, 5.41) is 10.00. The molecule has 2 unspecified atom stereocenters. The number of hydrogen-bond donors (Lipinski definition) is 2. The number of anilines is 3. The number of aliphatic hydroxyl groups is 1. The zero-order chi connectivity index (χ0) is 14.7. The van der Waals surface area contributed by atoms with Gasteiger partial charge in [-0.1, -0.05) is 6.92 Å². The molecule has 7 nitrogen and oxygen atoms in total. The molecule has 0 spiro atoms. The van der Waals surface area contributed by atoms with Gasteiger partial charge in [-0.2, -0.15) is 15.0 Å². The van der Waals surface area contributed by atoms with Crippen molar-refractivity contribution in [2.24, 2.45) is 5.92 Å². The van der Waals surface area contributed by atoms with Gasteiger partial charge in [0.2, 0.25) is 17.8 Å². The molecule has 0 aliphatic carbocycles. The van der Waals surface area contributed by atoms with Crippen LogP contribution in [0.15, 0.2) is 0 Å². The summed E-state index contributed by atoms with van der Waals surface area (Å²) >= 11 is 0. The number of aromatic nitrogens is 3. The van der Waals surface area contributed by atoms with Crippen molar-refractivity contribution in [2.45, 2.75) is 33.3 Å². The van der Waals surface area contributed by atoms with Crippen molar-refractivity contribution in [1.82, 2.24) is 15.0 Å². The Hall–Kier alpha value is -1.63. The van der Waals surface area contributed by atoms with Gasteiger partial charge in [0.15, 0.2) is 0 Å². The first-order valence-electron chi connectivity index (χ1n) is 7.24. The number of nitrogen functional groups attached to an aromatic ring is 1. The third kappa shape index (κ3) is 3.09. The van der Waals surface area contributed by atoms with Crippen LogP contribution in [-0.4, -0.2) is 52.3 Å². The van der Waals surface area contributed by atoms with Crippen LogP contribution < -0.4 is 15.5 Å². The fraction of sp³-hybridized carbons (Fsp3) is 0.769. The molecule has 2 heterocycles. The van der Waals surface area contributed by atoms with Crippen LogP contribution in [0.4, 0.5) is 17.8 Å². The van der Waals surface area contributed by atoms with E-state index in [1.807, 2.05) is 9.80 Å². The molecule has 1 aliphatic rings. The third-order valence-corrected chi connectivity index (χ3v) is 3.88. The molecule has 1 saturated heterocycles. The van der Waals surface area contributed by atoms with Crippen LogP contribution in [0.25, 0.3) is 0 Å². The molecule has 1 fully saturated rings. The number of hydrogen-bond acceptors (Lipinski definition) is 7. The predicted molar refractivity (Wildman–Crippen MR) is 79.8 cm³/mol. The number of rotatable bonds is 4. The van der Waals surface area contributed by atoms with Gasteiger partial charge in [0.1, 0.15) is 0 Å².